The largest absolute Gasteiger partial charge is 0.501 e. The number of furan rings is 1. The number of nitrogens with zero attached hydrogens (tertiary/aromatic N) is 4. The quantitative estimate of drug-likeness (QED) is 0.113. The minimum absolute atomic E-state index is 0. The molecule has 3 aromatic heterocycles. The van der Waals surface area contributed by atoms with E-state index in [1.807, 2.05) is 12.1 Å². The first-order valence-corrected chi connectivity index (χ1v) is 26.4. The molecular formula is C70H60IrN4O-2. The van der Waals surface area contributed by atoms with Gasteiger partial charge in [-0.2, -0.15) is 0 Å². The van der Waals surface area contributed by atoms with Gasteiger partial charge in [-0.3, -0.25) is 9.97 Å². The van der Waals surface area contributed by atoms with E-state index < -0.39 is 0 Å². The molecule has 0 amide bonds. The van der Waals surface area contributed by atoms with E-state index in [0.29, 0.717) is 17.8 Å². The predicted octanol–water partition coefficient (Wildman–Crippen LogP) is 19.2. The maximum Gasteiger partial charge on any atom is 0.121 e. The van der Waals surface area contributed by atoms with E-state index in [9.17, 15) is 0 Å². The van der Waals surface area contributed by atoms with Gasteiger partial charge in [0.2, 0.25) is 0 Å². The van der Waals surface area contributed by atoms with Crippen LogP contribution in [0.4, 0.5) is 0 Å². The summed E-state index contributed by atoms with van der Waals surface area (Å²) in [4.78, 5) is 10.3. The molecule has 0 spiro atoms. The Kier molecular flexibility index (Phi) is 13.4. The molecule has 3 heterocycles. The van der Waals surface area contributed by atoms with Crippen LogP contribution in [0.5, 0.6) is 0 Å². The van der Waals surface area contributed by atoms with Gasteiger partial charge in [0, 0.05) is 36.9 Å². The number of benzene rings is 10. The van der Waals surface area contributed by atoms with E-state index in [-0.39, 0.29) is 20.1 Å². The van der Waals surface area contributed by atoms with Crippen LogP contribution < -0.4 is 0 Å². The molecule has 1 radical (unpaired) electrons. The third-order valence-corrected chi connectivity index (χ3v) is 15.0. The summed E-state index contributed by atoms with van der Waals surface area (Å²) in [6.07, 6.45) is 0. The Bertz CT molecular complexity index is 4270. The van der Waals surface area contributed by atoms with Crippen molar-refractivity contribution >= 4 is 65.6 Å². The monoisotopic (exact) mass is 1170 g/mol. The van der Waals surface area contributed by atoms with Crippen LogP contribution in [-0.2, 0) is 20.1 Å². The van der Waals surface area contributed by atoms with Gasteiger partial charge in [-0.1, -0.05) is 184 Å². The van der Waals surface area contributed by atoms with Crippen molar-refractivity contribution in [2.75, 3.05) is 0 Å². The smallest absolute Gasteiger partial charge is 0.121 e. The van der Waals surface area contributed by atoms with Gasteiger partial charge in [-0.15, -0.1) is 47.3 Å². The molecule has 0 N–H and O–H groups in total. The van der Waals surface area contributed by atoms with Crippen molar-refractivity contribution in [1.82, 2.24) is 19.1 Å². The van der Waals surface area contributed by atoms with E-state index in [0.717, 1.165) is 72.5 Å². The zero-order valence-electron chi connectivity index (χ0n) is 44.6. The SMILES string of the molecule is CC(C)c1cc(-c2ccccc2)cc(C(C)C)c1-n1c(-c2[c-]cc3c(ccc4ccccc43)c2)nc2ccccc21.Cc1cc(C)c(-n2c(-c3[c-]ccc4c3oc3cc(C(C)C)ccc34)nc3ccccc32)c(C)c1.[Ir]. The first kappa shape index (κ1) is 50.3. The maximum absolute atomic E-state index is 6.51. The van der Waals surface area contributed by atoms with Crippen LogP contribution in [0.2, 0.25) is 0 Å². The van der Waals surface area contributed by atoms with Crippen LogP contribution in [0.1, 0.15) is 92.7 Å². The fourth-order valence-corrected chi connectivity index (χ4v) is 11.4. The molecule has 0 bridgehead atoms. The Morgan fingerprint density at radius 2 is 1.08 bits per heavy atom. The number of rotatable bonds is 8. The van der Waals surface area contributed by atoms with E-state index >= 15 is 0 Å². The molecule has 5 nitrogen and oxygen atoms in total. The van der Waals surface area contributed by atoms with Crippen LogP contribution in [0.3, 0.4) is 0 Å². The number of hydrogen-bond acceptors (Lipinski definition) is 3. The van der Waals surface area contributed by atoms with Crippen LogP contribution in [-0.4, -0.2) is 19.1 Å². The van der Waals surface area contributed by atoms with Gasteiger partial charge < -0.3 is 13.6 Å². The molecule has 0 aliphatic heterocycles. The Morgan fingerprint density at radius 3 is 1.75 bits per heavy atom. The normalized spacial score (nSPS) is 11.7. The minimum atomic E-state index is 0. The molecule has 0 saturated heterocycles. The fraction of sp³-hybridized carbons (Fsp3) is 0.171. The number of imidazole rings is 2. The zero-order valence-corrected chi connectivity index (χ0v) is 47.0. The Hall–Kier alpha value is -7.89. The predicted molar refractivity (Wildman–Crippen MR) is 315 cm³/mol. The first-order chi connectivity index (χ1) is 36.4. The zero-order chi connectivity index (χ0) is 51.6. The first-order valence-electron chi connectivity index (χ1n) is 26.4. The van der Waals surface area contributed by atoms with Gasteiger partial charge in [0.05, 0.1) is 39.3 Å². The molecular weight excluding hydrogens is 1110 g/mol. The topological polar surface area (TPSA) is 48.8 Å². The number of para-hydroxylation sites is 4. The molecule has 6 heteroatoms. The summed E-state index contributed by atoms with van der Waals surface area (Å²) in [5.74, 6) is 2.88. The minimum Gasteiger partial charge on any atom is -0.501 e. The molecule has 13 aromatic rings. The Balaban J connectivity index is 0.000000163. The van der Waals surface area contributed by atoms with Gasteiger partial charge in [-0.25, -0.2) is 0 Å². The molecule has 0 saturated carbocycles. The van der Waals surface area contributed by atoms with Crippen molar-refractivity contribution in [2.45, 2.75) is 80.1 Å². The Labute approximate surface area is 459 Å². The molecule has 0 atom stereocenters. The summed E-state index contributed by atoms with van der Waals surface area (Å²) < 4.78 is 11.2. The number of fused-ring (bicyclic) bond motifs is 8. The van der Waals surface area contributed by atoms with Crippen molar-refractivity contribution in [3.8, 4) is 45.3 Å². The third-order valence-electron chi connectivity index (χ3n) is 15.0. The molecule has 0 unspecified atom stereocenters. The third kappa shape index (κ3) is 8.83. The number of aromatic nitrogens is 4. The Morgan fingerprint density at radius 1 is 0.474 bits per heavy atom. The second-order valence-corrected chi connectivity index (χ2v) is 21.2. The van der Waals surface area contributed by atoms with Crippen molar-refractivity contribution in [1.29, 1.82) is 0 Å². The average Bonchev–Trinajstić information content (AvgIpc) is 4.20. The molecule has 0 fully saturated rings. The van der Waals surface area contributed by atoms with E-state index in [4.69, 9.17) is 14.4 Å². The summed E-state index contributed by atoms with van der Waals surface area (Å²) in [7, 11) is 0. The summed E-state index contributed by atoms with van der Waals surface area (Å²) in [6, 6.07) is 71.9. The van der Waals surface area contributed by atoms with Crippen molar-refractivity contribution in [3.05, 3.63) is 228 Å². The van der Waals surface area contributed by atoms with Crippen LogP contribution in [0.25, 0.3) is 111 Å². The van der Waals surface area contributed by atoms with Gasteiger partial charge in [-0.05, 0) is 125 Å². The summed E-state index contributed by atoms with van der Waals surface area (Å²) in [6.45, 7) is 20.1. The van der Waals surface area contributed by atoms with Gasteiger partial charge in [0.25, 0.3) is 0 Å². The standard InChI is InChI=1S/C39H33N2.C31H27N2O.Ir/c1-25(2)34-23-31(27-12-6-5-7-13-27)24-35(26(3)4)38(34)41-37-17-11-10-16-36(37)40-39(41)30-20-21-33-29(22-30)19-18-28-14-8-9-15-32(28)33;1-18(2)22-13-14-23-24-9-8-10-25(30(24)34-28(23)17-22)31-32-26-11-6-7-12-27(26)33(31)29-20(4)15-19(3)16-21(29)5;/h5-19,21-26H,1-4H3;6-9,11-18H,1-5H3;/q2*-1;. The molecule has 377 valence electrons. The molecule has 10 aromatic carbocycles. The number of hydrogen-bond donors (Lipinski definition) is 0. The van der Waals surface area contributed by atoms with Crippen LogP contribution in [0.15, 0.2) is 186 Å². The van der Waals surface area contributed by atoms with Gasteiger partial charge in [0.15, 0.2) is 0 Å². The van der Waals surface area contributed by atoms with E-state index in [1.165, 1.54) is 71.7 Å². The summed E-state index contributed by atoms with van der Waals surface area (Å²) >= 11 is 0. The van der Waals surface area contributed by atoms with Crippen LogP contribution >= 0.6 is 0 Å². The molecule has 0 aliphatic rings. The molecule has 0 aliphatic carbocycles. The summed E-state index contributed by atoms with van der Waals surface area (Å²) in [5, 5.41) is 7.13. The average molecular weight is 1170 g/mol. The fourth-order valence-electron chi connectivity index (χ4n) is 11.4. The summed E-state index contributed by atoms with van der Waals surface area (Å²) in [5.41, 5.74) is 20.3. The van der Waals surface area contributed by atoms with Crippen molar-refractivity contribution < 1.29 is 24.5 Å². The maximum atomic E-state index is 6.51. The number of aryl methyl sites for hydroxylation is 3. The molecule has 13 rings (SSSR count). The van der Waals surface area contributed by atoms with E-state index in [2.05, 4.69) is 253 Å². The van der Waals surface area contributed by atoms with Crippen molar-refractivity contribution in [3.63, 3.8) is 0 Å². The van der Waals surface area contributed by atoms with Crippen molar-refractivity contribution in [2.24, 2.45) is 0 Å². The van der Waals surface area contributed by atoms with Crippen LogP contribution in [0, 0.1) is 32.9 Å². The van der Waals surface area contributed by atoms with Gasteiger partial charge in [0.1, 0.15) is 5.58 Å². The second kappa shape index (κ2) is 20.3. The molecule has 76 heavy (non-hydrogen) atoms. The van der Waals surface area contributed by atoms with E-state index in [1.54, 1.807) is 0 Å². The second-order valence-electron chi connectivity index (χ2n) is 21.2. The van der Waals surface area contributed by atoms with Gasteiger partial charge >= 0.3 is 0 Å².